The van der Waals surface area contributed by atoms with Gasteiger partial charge in [-0.2, -0.15) is 0 Å². The van der Waals surface area contributed by atoms with Crippen LogP contribution in [-0.4, -0.2) is 35.7 Å². The van der Waals surface area contributed by atoms with E-state index in [4.69, 9.17) is 0 Å². The van der Waals surface area contributed by atoms with Gasteiger partial charge in [-0.25, -0.2) is 24.9 Å². The molecule has 1 N–H and O–H groups in total. The van der Waals surface area contributed by atoms with Gasteiger partial charge in [0, 0.05) is 12.7 Å². The topological polar surface area (TPSA) is 81.4 Å². The van der Waals surface area contributed by atoms with Crippen LogP contribution in [0.2, 0.25) is 0 Å². The third kappa shape index (κ3) is 3.82. The summed E-state index contributed by atoms with van der Waals surface area (Å²) >= 11 is 1.49. The van der Waals surface area contributed by atoms with Gasteiger partial charge >= 0.3 is 0 Å². The van der Waals surface area contributed by atoms with Crippen molar-refractivity contribution in [2.75, 3.05) is 11.6 Å². The molecule has 5 aromatic rings. The van der Waals surface area contributed by atoms with E-state index in [-0.39, 0.29) is 0 Å². The third-order valence-corrected chi connectivity index (χ3v) is 5.89. The molecule has 154 valence electrons. The van der Waals surface area contributed by atoms with Gasteiger partial charge in [0.15, 0.2) is 11.0 Å². The first-order valence-corrected chi connectivity index (χ1v) is 11.1. The van der Waals surface area contributed by atoms with Crippen LogP contribution in [-0.2, 0) is 13.5 Å². The number of nitrogens with zero attached hydrogens (tertiary/aromatic N) is 6. The minimum atomic E-state index is 0.676. The first-order valence-electron chi connectivity index (χ1n) is 9.89. The first-order chi connectivity index (χ1) is 15.1. The minimum absolute atomic E-state index is 0.676. The number of aryl methyl sites for hydroxylation is 2. The lowest BCUT2D eigenvalue weighted by Gasteiger charge is -2.12. The van der Waals surface area contributed by atoms with Crippen molar-refractivity contribution < 1.29 is 0 Å². The van der Waals surface area contributed by atoms with Crippen LogP contribution in [0.4, 0.5) is 11.5 Å². The van der Waals surface area contributed by atoms with Crippen molar-refractivity contribution in [1.29, 1.82) is 0 Å². The molecule has 8 heteroatoms. The van der Waals surface area contributed by atoms with Gasteiger partial charge in [0.2, 0.25) is 0 Å². The zero-order chi connectivity index (χ0) is 21.4. The van der Waals surface area contributed by atoms with Gasteiger partial charge < -0.3 is 9.88 Å². The predicted molar refractivity (Wildman–Crippen MR) is 125 cm³/mol. The summed E-state index contributed by atoms with van der Waals surface area (Å²) in [7, 11) is 2.01. The van der Waals surface area contributed by atoms with Crippen LogP contribution in [0, 0.1) is 6.92 Å². The number of nitrogens with one attached hydrogen (secondary N) is 1. The maximum atomic E-state index is 4.57. The van der Waals surface area contributed by atoms with Crippen LogP contribution in [0.15, 0.2) is 60.4 Å². The lowest BCUT2D eigenvalue weighted by Crippen LogP contribution is -2.00. The standard InChI is InChI=1S/C23H21N7S/c1-14-8-17(28-22-21-19(25-12-26-22)11-24-23(29-21)31-3)6-5-16(14)9-15-4-7-20-18(10-15)27-13-30(20)2/h4-8,10-13H,9H2,1-3H3,(H,25,26,28). The molecule has 5 rings (SSSR count). The largest absolute Gasteiger partial charge is 0.338 e. The second-order valence-electron chi connectivity index (χ2n) is 7.43. The Morgan fingerprint density at radius 1 is 1.00 bits per heavy atom. The Kier molecular flexibility index (Phi) is 4.99. The van der Waals surface area contributed by atoms with E-state index in [1.165, 1.54) is 34.8 Å². The Bertz CT molecular complexity index is 1410. The molecule has 7 nitrogen and oxygen atoms in total. The molecule has 0 unspecified atom stereocenters. The smallest absolute Gasteiger partial charge is 0.188 e. The van der Waals surface area contributed by atoms with E-state index in [2.05, 4.69) is 73.6 Å². The molecule has 0 saturated carbocycles. The van der Waals surface area contributed by atoms with Crippen LogP contribution >= 0.6 is 11.8 Å². The van der Waals surface area contributed by atoms with Crippen LogP contribution in [0.3, 0.4) is 0 Å². The van der Waals surface area contributed by atoms with Gasteiger partial charge in [0.25, 0.3) is 0 Å². The number of fused-ring (bicyclic) bond motifs is 2. The molecule has 0 aliphatic heterocycles. The number of imidazole rings is 1. The number of benzene rings is 2. The maximum absolute atomic E-state index is 4.57. The molecule has 0 aliphatic rings. The van der Waals surface area contributed by atoms with E-state index in [0.29, 0.717) is 22.0 Å². The fourth-order valence-electron chi connectivity index (χ4n) is 3.65. The van der Waals surface area contributed by atoms with Crippen LogP contribution in [0.25, 0.3) is 22.1 Å². The number of thioether (sulfide) groups is 1. The van der Waals surface area contributed by atoms with Crippen molar-refractivity contribution >= 4 is 45.3 Å². The van der Waals surface area contributed by atoms with Crippen molar-refractivity contribution in [1.82, 2.24) is 29.5 Å². The summed E-state index contributed by atoms with van der Waals surface area (Å²) < 4.78 is 2.04. The zero-order valence-electron chi connectivity index (χ0n) is 17.5. The molecule has 0 fully saturated rings. The van der Waals surface area contributed by atoms with Crippen LogP contribution < -0.4 is 5.32 Å². The molecule has 0 bridgehead atoms. The number of anilines is 2. The van der Waals surface area contributed by atoms with Gasteiger partial charge in [-0.3, -0.25) is 0 Å². The molecule has 0 spiro atoms. The van der Waals surface area contributed by atoms with E-state index in [9.17, 15) is 0 Å². The number of rotatable bonds is 5. The SMILES string of the molecule is CSc1ncc2ncnc(Nc3ccc(Cc4ccc5c(c4)ncn5C)c(C)c3)c2n1. The minimum Gasteiger partial charge on any atom is -0.338 e. The lowest BCUT2D eigenvalue weighted by molar-refractivity contribution is 0.947. The average Bonchev–Trinajstić information content (AvgIpc) is 3.15. The highest BCUT2D eigenvalue weighted by Crippen LogP contribution is 2.25. The Morgan fingerprint density at radius 3 is 2.74 bits per heavy atom. The van der Waals surface area contributed by atoms with Crippen LogP contribution in [0.1, 0.15) is 16.7 Å². The highest BCUT2D eigenvalue weighted by Gasteiger charge is 2.09. The Hall–Kier alpha value is -3.52. The monoisotopic (exact) mass is 427 g/mol. The molecule has 0 aliphatic carbocycles. The molecule has 0 amide bonds. The van der Waals surface area contributed by atoms with E-state index in [1.54, 1.807) is 6.20 Å². The van der Waals surface area contributed by atoms with Crippen molar-refractivity contribution in [3.8, 4) is 0 Å². The van der Waals surface area contributed by atoms with Crippen molar-refractivity contribution in [3.05, 3.63) is 71.9 Å². The van der Waals surface area contributed by atoms with Crippen molar-refractivity contribution in [2.24, 2.45) is 7.05 Å². The zero-order valence-corrected chi connectivity index (χ0v) is 18.3. The normalized spacial score (nSPS) is 11.3. The Morgan fingerprint density at radius 2 is 1.90 bits per heavy atom. The summed E-state index contributed by atoms with van der Waals surface area (Å²) in [6.45, 7) is 2.13. The van der Waals surface area contributed by atoms with Crippen LogP contribution in [0.5, 0.6) is 0 Å². The summed E-state index contributed by atoms with van der Waals surface area (Å²) in [5.41, 5.74) is 8.30. The molecule has 0 atom stereocenters. The van der Waals surface area contributed by atoms with E-state index in [0.717, 1.165) is 23.1 Å². The number of hydrogen-bond donors (Lipinski definition) is 1. The number of aromatic nitrogens is 6. The van der Waals surface area contributed by atoms with E-state index < -0.39 is 0 Å². The van der Waals surface area contributed by atoms with Crippen molar-refractivity contribution in [2.45, 2.75) is 18.5 Å². The van der Waals surface area contributed by atoms with E-state index >= 15 is 0 Å². The molecule has 31 heavy (non-hydrogen) atoms. The molecule has 0 saturated heterocycles. The summed E-state index contributed by atoms with van der Waals surface area (Å²) in [6, 6.07) is 12.8. The van der Waals surface area contributed by atoms with Gasteiger partial charge in [0.05, 0.1) is 23.6 Å². The van der Waals surface area contributed by atoms with Crippen molar-refractivity contribution in [3.63, 3.8) is 0 Å². The Labute approximate surface area is 184 Å². The summed E-state index contributed by atoms with van der Waals surface area (Å²) in [5, 5.41) is 4.09. The van der Waals surface area contributed by atoms with Gasteiger partial charge in [-0.05, 0) is 60.6 Å². The summed E-state index contributed by atoms with van der Waals surface area (Å²) in [4.78, 5) is 22.0. The molecular formula is C23H21N7S. The highest BCUT2D eigenvalue weighted by atomic mass is 32.2. The molecule has 0 radical (unpaired) electrons. The van der Waals surface area contributed by atoms with Gasteiger partial charge in [0.1, 0.15) is 17.4 Å². The summed E-state index contributed by atoms with van der Waals surface area (Å²) in [5.74, 6) is 0.676. The predicted octanol–water partition coefficient (Wildman–Crippen LogP) is 4.67. The molecule has 2 aromatic carbocycles. The second kappa shape index (κ2) is 7.96. The Balaban J connectivity index is 1.41. The fourth-order valence-corrected chi connectivity index (χ4v) is 3.99. The number of hydrogen-bond acceptors (Lipinski definition) is 7. The fraction of sp³-hybridized carbons (Fsp3) is 0.174. The first kappa shape index (κ1) is 19.4. The average molecular weight is 428 g/mol. The third-order valence-electron chi connectivity index (χ3n) is 5.33. The van der Waals surface area contributed by atoms with Gasteiger partial charge in [-0.15, -0.1) is 0 Å². The highest BCUT2D eigenvalue weighted by molar-refractivity contribution is 7.98. The van der Waals surface area contributed by atoms with E-state index in [1.807, 2.05) is 24.2 Å². The second-order valence-corrected chi connectivity index (χ2v) is 8.21. The quantitative estimate of drug-likeness (QED) is 0.322. The molecule has 3 heterocycles. The summed E-state index contributed by atoms with van der Waals surface area (Å²) in [6.07, 6.45) is 7.92. The molecular weight excluding hydrogens is 406 g/mol. The van der Waals surface area contributed by atoms with Gasteiger partial charge in [-0.1, -0.05) is 23.9 Å². The maximum Gasteiger partial charge on any atom is 0.188 e. The lowest BCUT2D eigenvalue weighted by atomic mass is 9.99. The molecule has 3 aromatic heterocycles.